The number of para-hydroxylation sites is 1. The molecular formula is C21H20N4O6S. The second kappa shape index (κ2) is 8.17. The first-order valence-electron chi connectivity index (χ1n) is 9.85. The summed E-state index contributed by atoms with van der Waals surface area (Å²) >= 11 is 0. The molecule has 0 unspecified atom stereocenters. The molecule has 1 amide bonds. The molecule has 0 atom stereocenters. The number of carbonyl (C=O) groups is 2. The number of rotatable bonds is 5. The third kappa shape index (κ3) is 3.76. The minimum absolute atomic E-state index is 0.0170. The molecule has 1 aromatic heterocycles. The van der Waals surface area contributed by atoms with Crippen molar-refractivity contribution in [3.63, 3.8) is 0 Å². The smallest absolute Gasteiger partial charge is 0.295 e. The highest BCUT2D eigenvalue weighted by atomic mass is 32.2. The number of aromatic amines is 1. The SMILES string of the molecule is Cc1[nH]c2ccccc2c1C(=O)C(=O)N1CCN(S(=O)(=O)c2cccc([N+](=O)[O-])c2)CC1. The Morgan fingerprint density at radius 3 is 2.41 bits per heavy atom. The molecule has 10 nitrogen and oxygen atoms in total. The number of benzene rings is 2. The number of amides is 1. The van der Waals surface area contributed by atoms with Gasteiger partial charge in [0.2, 0.25) is 10.0 Å². The van der Waals surface area contributed by atoms with Crippen LogP contribution in [0, 0.1) is 17.0 Å². The summed E-state index contributed by atoms with van der Waals surface area (Å²) in [6.45, 7) is 1.78. The quantitative estimate of drug-likeness (QED) is 0.270. The minimum Gasteiger partial charge on any atom is -0.358 e. The van der Waals surface area contributed by atoms with Crippen LogP contribution in [0.4, 0.5) is 5.69 Å². The van der Waals surface area contributed by atoms with Gasteiger partial charge >= 0.3 is 0 Å². The molecule has 0 saturated carbocycles. The molecule has 32 heavy (non-hydrogen) atoms. The Hall–Kier alpha value is -3.57. The van der Waals surface area contributed by atoms with E-state index in [1.54, 1.807) is 19.1 Å². The zero-order chi connectivity index (χ0) is 23.0. The van der Waals surface area contributed by atoms with Crippen LogP contribution in [0.1, 0.15) is 16.1 Å². The van der Waals surface area contributed by atoms with E-state index < -0.39 is 26.6 Å². The molecule has 11 heteroatoms. The Morgan fingerprint density at radius 2 is 1.72 bits per heavy atom. The van der Waals surface area contributed by atoms with Crippen LogP contribution in [0.15, 0.2) is 53.4 Å². The van der Waals surface area contributed by atoms with Crippen LogP contribution in [0.5, 0.6) is 0 Å². The van der Waals surface area contributed by atoms with Crippen LogP contribution in [0.3, 0.4) is 0 Å². The summed E-state index contributed by atoms with van der Waals surface area (Å²) in [5, 5.41) is 11.6. The average molecular weight is 456 g/mol. The third-order valence-electron chi connectivity index (χ3n) is 5.51. The minimum atomic E-state index is -3.97. The molecule has 1 saturated heterocycles. The van der Waals surface area contributed by atoms with E-state index in [1.165, 1.54) is 23.1 Å². The van der Waals surface area contributed by atoms with Gasteiger partial charge in [-0.2, -0.15) is 4.31 Å². The fourth-order valence-corrected chi connectivity index (χ4v) is 5.32. The number of nitro benzene ring substituents is 1. The number of fused-ring (bicyclic) bond motifs is 1. The van der Waals surface area contributed by atoms with Gasteiger partial charge in [-0.1, -0.05) is 24.3 Å². The van der Waals surface area contributed by atoms with Crippen molar-refractivity contribution in [2.75, 3.05) is 26.2 Å². The molecule has 1 aliphatic rings. The second-order valence-electron chi connectivity index (χ2n) is 7.45. The summed E-state index contributed by atoms with van der Waals surface area (Å²) in [6, 6.07) is 12.0. The molecule has 0 bridgehead atoms. The highest BCUT2D eigenvalue weighted by Gasteiger charge is 2.34. The van der Waals surface area contributed by atoms with Crippen molar-refractivity contribution in [3.8, 4) is 0 Å². The largest absolute Gasteiger partial charge is 0.358 e. The molecule has 1 N–H and O–H groups in total. The number of H-pyrrole nitrogens is 1. The van der Waals surface area contributed by atoms with Crippen LogP contribution in [0.2, 0.25) is 0 Å². The van der Waals surface area contributed by atoms with Crippen molar-refractivity contribution in [1.82, 2.24) is 14.2 Å². The summed E-state index contributed by atoms with van der Waals surface area (Å²) in [5.74, 6) is -1.33. The van der Waals surface area contributed by atoms with Gasteiger partial charge in [0.1, 0.15) is 0 Å². The lowest BCUT2D eigenvalue weighted by molar-refractivity contribution is -0.385. The third-order valence-corrected chi connectivity index (χ3v) is 7.40. The maximum Gasteiger partial charge on any atom is 0.295 e. The molecule has 3 aromatic rings. The number of piperazine rings is 1. The summed E-state index contributed by atoms with van der Waals surface area (Å²) in [6.07, 6.45) is 0. The number of non-ortho nitro benzene ring substituents is 1. The van der Waals surface area contributed by atoms with Gasteiger partial charge in [-0.05, 0) is 19.1 Å². The predicted molar refractivity (Wildman–Crippen MR) is 116 cm³/mol. The molecular weight excluding hydrogens is 436 g/mol. The maximum atomic E-state index is 12.9. The first-order valence-corrected chi connectivity index (χ1v) is 11.3. The molecule has 2 aromatic carbocycles. The molecule has 0 spiro atoms. The zero-order valence-corrected chi connectivity index (χ0v) is 18.0. The van der Waals surface area contributed by atoms with Crippen LogP contribution >= 0.6 is 0 Å². The maximum absolute atomic E-state index is 12.9. The van der Waals surface area contributed by atoms with E-state index >= 15 is 0 Å². The van der Waals surface area contributed by atoms with Gasteiger partial charge in [-0.3, -0.25) is 19.7 Å². The highest BCUT2D eigenvalue weighted by Crippen LogP contribution is 2.25. The van der Waals surface area contributed by atoms with Gasteiger partial charge in [0.05, 0.1) is 15.4 Å². The molecule has 166 valence electrons. The number of nitrogens with zero attached hydrogens (tertiary/aromatic N) is 3. The first kappa shape index (κ1) is 21.7. The number of aromatic nitrogens is 1. The molecule has 4 rings (SSSR count). The van der Waals surface area contributed by atoms with Gasteiger partial charge in [0.15, 0.2) is 0 Å². The zero-order valence-electron chi connectivity index (χ0n) is 17.1. The Morgan fingerprint density at radius 1 is 1.03 bits per heavy atom. The normalized spacial score (nSPS) is 15.1. The Balaban J connectivity index is 1.49. The van der Waals surface area contributed by atoms with Crippen molar-refractivity contribution in [1.29, 1.82) is 0 Å². The topological polar surface area (TPSA) is 134 Å². The van der Waals surface area contributed by atoms with E-state index in [2.05, 4.69) is 4.98 Å². The lowest BCUT2D eigenvalue weighted by Crippen LogP contribution is -2.52. The molecule has 1 fully saturated rings. The van der Waals surface area contributed by atoms with E-state index in [4.69, 9.17) is 0 Å². The number of nitro groups is 1. The van der Waals surface area contributed by atoms with Crippen molar-refractivity contribution in [3.05, 3.63) is 69.9 Å². The number of hydrogen-bond donors (Lipinski definition) is 1. The average Bonchev–Trinajstić information content (AvgIpc) is 3.13. The van der Waals surface area contributed by atoms with Crippen molar-refractivity contribution >= 4 is 38.3 Å². The van der Waals surface area contributed by atoms with Gasteiger partial charge < -0.3 is 9.88 Å². The first-order chi connectivity index (χ1) is 15.2. The number of nitrogens with one attached hydrogen (secondary N) is 1. The number of Topliss-reactive ketones (excluding diaryl/α,β-unsaturated/α-hetero) is 1. The van der Waals surface area contributed by atoms with Gasteiger partial charge in [-0.25, -0.2) is 8.42 Å². The Labute approximate surface area is 183 Å². The van der Waals surface area contributed by atoms with Crippen LogP contribution in [0.25, 0.3) is 10.9 Å². The standard InChI is InChI=1S/C21H20N4O6S/c1-14-19(17-7-2-3-8-18(17)22-14)20(26)21(27)23-9-11-24(12-10-23)32(30,31)16-6-4-5-15(13-16)25(28)29/h2-8,13,22H,9-12H2,1H3. The van der Waals surface area contributed by atoms with Crippen molar-refractivity contribution in [2.45, 2.75) is 11.8 Å². The lowest BCUT2D eigenvalue weighted by Gasteiger charge is -2.33. The van der Waals surface area contributed by atoms with Crippen molar-refractivity contribution < 1.29 is 22.9 Å². The van der Waals surface area contributed by atoms with E-state index in [0.29, 0.717) is 16.6 Å². The Bertz CT molecular complexity index is 1340. The summed E-state index contributed by atoms with van der Waals surface area (Å²) in [5.41, 5.74) is 1.35. The van der Waals surface area contributed by atoms with Crippen molar-refractivity contribution in [2.24, 2.45) is 0 Å². The molecule has 0 aliphatic carbocycles. The Kier molecular flexibility index (Phi) is 5.53. The number of ketones is 1. The number of carbonyl (C=O) groups excluding carboxylic acids is 2. The lowest BCUT2D eigenvalue weighted by atomic mass is 10.1. The van der Waals surface area contributed by atoms with E-state index in [-0.39, 0.29) is 36.8 Å². The van der Waals surface area contributed by atoms with E-state index in [1.807, 2.05) is 12.1 Å². The van der Waals surface area contributed by atoms with Crippen LogP contribution < -0.4 is 0 Å². The fourth-order valence-electron chi connectivity index (χ4n) is 3.86. The monoisotopic (exact) mass is 456 g/mol. The number of hydrogen-bond acceptors (Lipinski definition) is 6. The van der Waals surface area contributed by atoms with Crippen LogP contribution in [-0.4, -0.2) is 65.4 Å². The molecule has 0 radical (unpaired) electrons. The van der Waals surface area contributed by atoms with Gasteiger partial charge in [0.25, 0.3) is 17.4 Å². The second-order valence-corrected chi connectivity index (χ2v) is 9.39. The fraction of sp³-hybridized carbons (Fsp3) is 0.238. The van der Waals surface area contributed by atoms with E-state index in [0.717, 1.165) is 15.9 Å². The summed E-state index contributed by atoms with van der Waals surface area (Å²) in [4.78, 5) is 40.3. The van der Waals surface area contributed by atoms with Gasteiger partial charge in [-0.15, -0.1) is 0 Å². The molecule has 2 heterocycles. The number of sulfonamides is 1. The van der Waals surface area contributed by atoms with Crippen LogP contribution in [-0.2, 0) is 14.8 Å². The van der Waals surface area contributed by atoms with E-state index in [9.17, 15) is 28.1 Å². The highest BCUT2D eigenvalue weighted by molar-refractivity contribution is 7.89. The summed E-state index contributed by atoms with van der Waals surface area (Å²) < 4.78 is 26.9. The number of aryl methyl sites for hydroxylation is 1. The molecule has 1 aliphatic heterocycles. The summed E-state index contributed by atoms with van der Waals surface area (Å²) in [7, 11) is -3.97. The van der Waals surface area contributed by atoms with Gasteiger partial charge in [0, 0.05) is 54.9 Å². The predicted octanol–water partition coefficient (Wildman–Crippen LogP) is 2.10.